The van der Waals surface area contributed by atoms with E-state index in [9.17, 15) is 52.7 Å². The SMILES string of the molecule is C=C1CCC(C(C)C)C(=O)N1.C=C1CCC(C(C)C)CN1.C=C1NCC(C(C)C)S1.CC.CC.CC.CC.CC.CC.CC.CC.CC.CC(C)C.CC(C)C1CC(=O)NC1=O.CC(C)C1CCC(=O)NC1=O.CC(C)C1CCC(=O)NC1=O.CC(C)C1CCCNC1=O.CC(C)n1ccc(=O)[nH]c1=O.O=C1CCCN1. The Hall–Kier alpha value is -6.32. The lowest BCUT2D eigenvalue weighted by molar-refractivity contribution is -0.139. The number of amides is 9. The highest BCUT2D eigenvalue weighted by Gasteiger charge is 2.33. The average molecular weight is 1600 g/mol. The molecule has 656 valence electrons. The van der Waals surface area contributed by atoms with E-state index in [-0.39, 0.29) is 106 Å². The van der Waals surface area contributed by atoms with Crippen molar-refractivity contribution < 1.29 is 43.2 Å². The number of allylic oxidation sites excluding steroid dienone is 2. The Morgan fingerprint density at radius 1 is 0.360 bits per heavy atom. The molecule has 9 N–H and O–H groups in total. The highest BCUT2D eigenvalue weighted by Crippen LogP contribution is 2.30. The van der Waals surface area contributed by atoms with Crippen molar-refractivity contribution in [3.63, 3.8) is 0 Å². The second-order valence-corrected chi connectivity index (χ2v) is 29.7. The lowest BCUT2D eigenvalue weighted by atomic mass is 9.87. The van der Waals surface area contributed by atoms with Gasteiger partial charge < -0.3 is 26.6 Å². The molecule has 8 saturated heterocycles. The molecule has 0 spiro atoms. The van der Waals surface area contributed by atoms with Gasteiger partial charge in [-0.3, -0.25) is 73.4 Å². The summed E-state index contributed by atoms with van der Waals surface area (Å²) >= 11 is 1.87. The Morgan fingerprint density at radius 2 is 0.730 bits per heavy atom. The molecular weight excluding hydrogens is 1420 g/mol. The number of imide groups is 3. The van der Waals surface area contributed by atoms with Gasteiger partial charge in [0, 0.05) is 116 Å². The van der Waals surface area contributed by atoms with Crippen molar-refractivity contribution in [1.29, 1.82) is 0 Å². The fraction of sp³-hybridized carbons (Fsp3) is 0.787. The maximum absolute atomic E-state index is 11.3. The first-order chi connectivity index (χ1) is 52.3. The predicted octanol–water partition coefficient (Wildman–Crippen LogP) is 19.4. The van der Waals surface area contributed by atoms with Gasteiger partial charge in [0.15, 0.2) is 0 Å². The number of hydrogen-bond acceptors (Lipinski definition) is 14. The number of hydrogen-bond donors (Lipinski definition) is 9. The van der Waals surface area contributed by atoms with Crippen LogP contribution in [0.4, 0.5) is 0 Å². The molecule has 8 aliphatic heterocycles. The topological polar surface area (TPSA) is 305 Å². The van der Waals surface area contributed by atoms with E-state index in [1.54, 1.807) is 0 Å². The first-order valence-corrected chi connectivity index (χ1v) is 44.0. The zero-order valence-corrected chi connectivity index (χ0v) is 79.2. The summed E-state index contributed by atoms with van der Waals surface area (Å²) in [5, 5.41) is 23.7. The van der Waals surface area contributed by atoms with Crippen molar-refractivity contribution >= 4 is 64.9 Å². The van der Waals surface area contributed by atoms with Crippen LogP contribution in [0.25, 0.3) is 0 Å². The highest BCUT2D eigenvalue weighted by atomic mass is 32.2. The fourth-order valence-electron chi connectivity index (χ4n) is 10.3. The summed E-state index contributed by atoms with van der Waals surface area (Å²) in [4.78, 5) is 121. The second-order valence-electron chi connectivity index (χ2n) is 28.4. The molecule has 0 bridgehead atoms. The Bertz CT molecular complexity index is 2560. The standard InChI is InChI=1S/C9H15NO.C9H17N.2C8H13NO2.C8H15NO.C7H10N2O2.C7H11NO2.C7H13NS.C4H7NO.C4H10.9C2H6/c1-6(2)8-5-4-7(3)10-9(8)11;1-7(2)9-5-4-8(3)10-6-9;2*1-5(2)6-3-4-7(10)9-8(6)11;1-6(2)7-4-3-5-9-8(7)10;1-5(2)9-4-3-6(10)8-7(9)11;1-4(2)5-3-6(9)8-7(5)10;1-5(2)7-4-8-6(3)9-7;6-4-2-1-3-5-4;1-4(2)3;9*1-2/h6,8H,3-5H2,1-2H3,(H,10,11);7,9-10H,3-6H2,1-2H3;2*5-6H,3-4H2,1-2H3,(H,9,10,11);6-7H,3-5H2,1-2H3,(H,9,10);3-5H,1-2H3,(H,8,10,11);4-5H,3H2,1-2H3,(H,8,9,10);5,7-8H,3-4H2,1-2H3;1-3H2,(H,5,6);4H,1-3H3;9*1-2H3. The lowest BCUT2D eigenvalue weighted by Gasteiger charge is -2.27. The Kier molecular flexibility index (Phi) is 92.4. The van der Waals surface area contributed by atoms with Crippen LogP contribution in [0.1, 0.15) is 346 Å². The number of thioether (sulfide) groups is 1. The van der Waals surface area contributed by atoms with Crippen molar-refractivity contribution in [2.24, 2.45) is 82.9 Å². The van der Waals surface area contributed by atoms with Gasteiger partial charge in [0.1, 0.15) is 0 Å². The predicted molar refractivity (Wildman–Crippen MR) is 478 cm³/mol. The number of piperidine rings is 5. The quantitative estimate of drug-likeness (QED) is 0.109. The van der Waals surface area contributed by atoms with Crippen molar-refractivity contribution in [2.45, 2.75) is 351 Å². The van der Waals surface area contributed by atoms with Crippen LogP contribution >= 0.6 is 11.8 Å². The molecule has 8 fully saturated rings. The van der Waals surface area contributed by atoms with Crippen molar-refractivity contribution in [3.05, 3.63) is 69.3 Å². The van der Waals surface area contributed by atoms with E-state index in [4.69, 9.17) is 0 Å². The minimum absolute atomic E-state index is 0.0349. The van der Waals surface area contributed by atoms with Gasteiger partial charge in [-0.1, -0.05) is 262 Å². The monoisotopic (exact) mass is 1600 g/mol. The molecule has 9 amide bonds. The van der Waals surface area contributed by atoms with Crippen LogP contribution in [0, 0.1) is 82.9 Å². The summed E-state index contributed by atoms with van der Waals surface area (Å²) < 4.78 is 1.46. The number of carbonyl (C=O) groups is 9. The van der Waals surface area contributed by atoms with Crippen LogP contribution in [0.3, 0.4) is 0 Å². The summed E-state index contributed by atoms with van der Waals surface area (Å²) in [6, 6.07) is 1.42. The number of nitrogens with one attached hydrogen (secondary N) is 9. The van der Waals surface area contributed by atoms with Gasteiger partial charge in [-0.25, -0.2) is 4.79 Å². The minimum Gasteiger partial charge on any atom is -0.389 e. The van der Waals surface area contributed by atoms with Gasteiger partial charge >= 0.3 is 5.69 Å². The minimum atomic E-state index is -0.355. The van der Waals surface area contributed by atoms with Crippen molar-refractivity contribution in [1.82, 2.24) is 52.1 Å². The van der Waals surface area contributed by atoms with E-state index < -0.39 is 0 Å². The third-order valence-corrected chi connectivity index (χ3v) is 18.0. The fourth-order valence-corrected chi connectivity index (χ4v) is 11.3. The molecule has 0 saturated carbocycles. The number of aromatic nitrogens is 2. The number of nitrogens with zero attached hydrogens (tertiary/aromatic N) is 1. The van der Waals surface area contributed by atoms with Crippen LogP contribution in [0.5, 0.6) is 0 Å². The summed E-state index contributed by atoms with van der Waals surface area (Å²) in [6.07, 6.45) is 12.6. The van der Waals surface area contributed by atoms with Gasteiger partial charge in [-0.05, 0) is 125 Å². The molecule has 21 nitrogen and oxygen atoms in total. The first kappa shape index (κ1) is 126. The Balaban J connectivity index is -0.000000125. The molecule has 0 aliphatic carbocycles. The van der Waals surface area contributed by atoms with E-state index in [1.807, 2.05) is 192 Å². The van der Waals surface area contributed by atoms with Gasteiger partial charge in [0.2, 0.25) is 53.2 Å². The van der Waals surface area contributed by atoms with E-state index in [1.165, 1.54) is 35.4 Å². The Labute approximate surface area is 685 Å². The third kappa shape index (κ3) is 66.8. The van der Waals surface area contributed by atoms with Gasteiger partial charge in [0.05, 0.1) is 5.03 Å². The van der Waals surface area contributed by atoms with Gasteiger partial charge in [-0.15, -0.1) is 11.8 Å². The summed E-state index contributed by atoms with van der Waals surface area (Å²) in [7, 11) is 0. The first-order valence-electron chi connectivity index (χ1n) is 43.2. The lowest BCUT2D eigenvalue weighted by Crippen LogP contribution is -2.42. The highest BCUT2D eigenvalue weighted by molar-refractivity contribution is 8.03. The summed E-state index contributed by atoms with van der Waals surface area (Å²) in [6.45, 7) is 91.1. The summed E-state index contributed by atoms with van der Waals surface area (Å²) in [5.41, 5.74) is 1.38. The second kappa shape index (κ2) is 81.7. The number of aromatic amines is 1. The van der Waals surface area contributed by atoms with Crippen molar-refractivity contribution in [3.8, 4) is 0 Å². The molecule has 1 aromatic rings. The maximum atomic E-state index is 11.3. The zero-order valence-electron chi connectivity index (χ0n) is 78.4. The van der Waals surface area contributed by atoms with Gasteiger partial charge in [0.25, 0.3) is 5.56 Å². The molecule has 0 aromatic carbocycles. The average Bonchev–Trinajstić information content (AvgIpc) is 1.64. The molecule has 9 rings (SSSR count). The van der Waals surface area contributed by atoms with Gasteiger partial charge in [-0.2, -0.15) is 0 Å². The van der Waals surface area contributed by atoms with Crippen molar-refractivity contribution in [2.75, 3.05) is 26.2 Å². The third-order valence-electron chi connectivity index (χ3n) is 16.5. The van der Waals surface area contributed by atoms with Crippen LogP contribution in [0.15, 0.2) is 58.0 Å². The smallest absolute Gasteiger partial charge is 0.328 e. The molecule has 9 heterocycles. The molecule has 7 unspecified atom stereocenters. The number of rotatable bonds is 8. The Morgan fingerprint density at radius 3 is 0.973 bits per heavy atom. The molecule has 8 aliphatic rings. The number of carbonyl (C=O) groups excluding carboxylic acids is 9. The van der Waals surface area contributed by atoms with E-state index >= 15 is 0 Å². The van der Waals surface area contributed by atoms with E-state index in [2.05, 4.69) is 143 Å². The molecule has 111 heavy (non-hydrogen) atoms. The molecule has 7 atom stereocenters. The van der Waals surface area contributed by atoms with E-state index in [0.29, 0.717) is 55.8 Å². The molecular formula is C89H178N10O11S. The van der Waals surface area contributed by atoms with Crippen LogP contribution < -0.4 is 53.8 Å². The molecule has 0 radical (unpaired) electrons. The largest absolute Gasteiger partial charge is 0.389 e. The van der Waals surface area contributed by atoms with Crippen LogP contribution in [-0.2, 0) is 43.2 Å². The zero-order chi connectivity index (χ0) is 89.4. The number of H-pyrrole nitrogens is 1. The van der Waals surface area contributed by atoms with Crippen LogP contribution in [-0.4, -0.2) is 94.1 Å². The normalized spacial score (nSPS) is 19.9. The molecule has 1 aromatic heterocycles. The summed E-state index contributed by atoms with van der Waals surface area (Å²) in [5.74, 6) is 5.51. The maximum Gasteiger partial charge on any atom is 0.328 e. The van der Waals surface area contributed by atoms with E-state index in [0.717, 1.165) is 104 Å². The van der Waals surface area contributed by atoms with Crippen LogP contribution in [0.2, 0.25) is 0 Å². The molecule has 22 heteroatoms.